The maximum absolute atomic E-state index is 12.3. The van der Waals surface area contributed by atoms with E-state index in [9.17, 15) is 4.79 Å². The minimum absolute atomic E-state index is 0.00755. The molecule has 28 heavy (non-hydrogen) atoms. The Morgan fingerprint density at radius 3 is 2.79 bits per heavy atom. The SMILES string of the molecule is CN(c1ccc(Cl)c(Cl)c1)[C@@H](Cc1nc2cn[nH]c2c(=O)[nH]1)N1CCNCC1. The van der Waals surface area contributed by atoms with E-state index in [1.54, 1.807) is 12.3 Å². The molecular weight excluding hydrogens is 401 g/mol. The lowest BCUT2D eigenvalue weighted by molar-refractivity contribution is 0.169. The van der Waals surface area contributed by atoms with Crippen LogP contribution in [0.4, 0.5) is 5.69 Å². The summed E-state index contributed by atoms with van der Waals surface area (Å²) in [7, 11) is 2.01. The van der Waals surface area contributed by atoms with E-state index >= 15 is 0 Å². The molecule has 3 aromatic rings. The Kier molecular flexibility index (Phi) is 5.54. The molecule has 0 unspecified atom stereocenters. The highest BCUT2D eigenvalue weighted by molar-refractivity contribution is 6.42. The van der Waals surface area contributed by atoms with Gasteiger partial charge in [0, 0.05) is 45.3 Å². The molecule has 4 rings (SSSR count). The number of aromatic amines is 2. The van der Waals surface area contributed by atoms with Crippen LogP contribution in [0.2, 0.25) is 10.0 Å². The Morgan fingerprint density at radius 1 is 1.25 bits per heavy atom. The van der Waals surface area contributed by atoms with Crippen LogP contribution in [0.1, 0.15) is 5.82 Å². The number of likely N-dealkylation sites (N-methyl/N-ethyl adjacent to an activating group) is 1. The van der Waals surface area contributed by atoms with Crippen LogP contribution in [-0.4, -0.2) is 64.5 Å². The summed E-state index contributed by atoms with van der Waals surface area (Å²) < 4.78 is 0. The predicted octanol–water partition coefficient (Wildman–Crippen LogP) is 1.86. The molecule has 0 saturated carbocycles. The molecule has 1 saturated heterocycles. The van der Waals surface area contributed by atoms with Crippen LogP contribution in [-0.2, 0) is 6.42 Å². The molecule has 1 aromatic carbocycles. The minimum Gasteiger partial charge on any atom is -0.358 e. The molecule has 2 aromatic heterocycles. The summed E-state index contributed by atoms with van der Waals surface area (Å²) in [5.41, 5.74) is 1.69. The zero-order valence-electron chi connectivity index (χ0n) is 15.4. The van der Waals surface area contributed by atoms with Crippen molar-refractivity contribution in [3.8, 4) is 0 Å². The first-order chi connectivity index (χ1) is 13.5. The van der Waals surface area contributed by atoms with Gasteiger partial charge in [0.05, 0.1) is 22.4 Å². The van der Waals surface area contributed by atoms with Gasteiger partial charge in [-0.1, -0.05) is 23.2 Å². The number of nitrogens with zero attached hydrogens (tertiary/aromatic N) is 4. The highest BCUT2D eigenvalue weighted by atomic mass is 35.5. The van der Waals surface area contributed by atoms with Crippen molar-refractivity contribution in [2.45, 2.75) is 12.6 Å². The molecule has 1 atom stereocenters. The Labute approximate surface area is 171 Å². The summed E-state index contributed by atoms with van der Waals surface area (Å²) in [5, 5.41) is 11.0. The number of hydrogen-bond donors (Lipinski definition) is 3. The quantitative estimate of drug-likeness (QED) is 0.582. The number of fused-ring (bicyclic) bond motifs is 1. The molecule has 3 heterocycles. The largest absolute Gasteiger partial charge is 0.358 e. The van der Waals surface area contributed by atoms with Gasteiger partial charge in [-0.2, -0.15) is 5.10 Å². The number of piperazine rings is 1. The number of H-pyrrole nitrogens is 2. The summed E-state index contributed by atoms with van der Waals surface area (Å²) in [6.07, 6.45) is 2.11. The fraction of sp³-hybridized carbons (Fsp3) is 0.389. The second kappa shape index (κ2) is 8.08. The van der Waals surface area contributed by atoms with Gasteiger partial charge in [0.15, 0.2) is 0 Å². The van der Waals surface area contributed by atoms with Crippen LogP contribution < -0.4 is 15.8 Å². The fourth-order valence-corrected chi connectivity index (χ4v) is 3.83. The van der Waals surface area contributed by atoms with Crippen LogP contribution in [0.15, 0.2) is 29.2 Å². The molecule has 1 fully saturated rings. The lowest BCUT2D eigenvalue weighted by Gasteiger charge is -2.41. The molecule has 3 N–H and O–H groups in total. The van der Waals surface area contributed by atoms with Crippen molar-refractivity contribution in [3.05, 3.63) is 50.6 Å². The monoisotopic (exact) mass is 421 g/mol. The zero-order valence-corrected chi connectivity index (χ0v) is 16.9. The smallest absolute Gasteiger partial charge is 0.276 e. The number of rotatable bonds is 5. The van der Waals surface area contributed by atoms with Crippen LogP contribution in [0.25, 0.3) is 11.0 Å². The number of aromatic nitrogens is 4. The van der Waals surface area contributed by atoms with Crippen LogP contribution in [0.5, 0.6) is 0 Å². The standard InChI is InChI=1S/C18H21Cl2N7O/c1-26(11-2-3-12(19)13(20)8-11)16(27-6-4-21-5-7-27)9-15-23-14-10-22-25-17(14)18(28)24-15/h2-3,8,10,16,21H,4-7,9H2,1H3,(H,22,25)(H,23,24,28)/t16-/m1/s1. The maximum Gasteiger partial charge on any atom is 0.276 e. The van der Waals surface area contributed by atoms with Crippen LogP contribution >= 0.6 is 23.2 Å². The van der Waals surface area contributed by atoms with Crippen molar-refractivity contribution in [2.75, 3.05) is 38.1 Å². The Hall–Kier alpha value is -2.13. The third-order valence-corrected chi connectivity index (χ3v) is 5.81. The van der Waals surface area contributed by atoms with Gasteiger partial charge < -0.3 is 15.2 Å². The average Bonchev–Trinajstić information content (AvgIpc) is 3.18. The first kappa shape index (κ1) is 19.2. The van der Waals surface area contributed by atoms with Gasteiger partial charge >= 0.3 is 0 Å². The van der Waals surface area contributed by atoms with Crippen molar-refractivity contribution >= 4 is 39.9 Å². The molecule has 1 aliphatic rings. The lowest BCUT2D eigenvalue weighted by atomic mass is 10.2. The Morgan fingerprint density at radius 2 is 2.04 bits per heavy atom. The second-order valence-electron chi connectivity index (χ2n) is 6.82. The van der Waals surface area contributed by atoms with E-state index in [1.165, 1.54) is 0 Å². The van der Waals surface area contributed by atoms with Crippen molar-refractivity contribution in [2.24, 2.45) is 0 Å². The number of hydrogen-bond acceptors (Lipinski definition) is 6. The summed E-state index contributed by atoms with van der Waals surface area (Å²) in [4.78, 5) is 24.3. The van der Waals surface area contributed by atoms with Crippen LogP contribution in [0, 0.1) is 0 Å². The maximum atomic E-state index is 12.3. The van der Waals surface area contributed by atoms with E-state index in [2.05, 4.69) is 35.3 Å². The minimum atomic E-state index is -0.214. The van der Waals surface area contributed by atoms with E-state index < -0.39 is 0 Å². The Balaban J connectivity index is 1.67. The summed E-state index contributed by atoms with van der Waals surface area (Å²) in [6.45, 7) is 3.62. The summed E-state index contributed by atoms with van der Waals surface area (Å²) >= 11 is 12.3. The highest BCUT2D eigenvalue weighted by Crippen LogP contribution is 2.28. The third-order valence-electron chi connectivity index (χ3n) is 5.07. The topological polar surface area (TPSA) is 92.9 Å². The lowest BCUT2D eigenvalue weighted by Crippen LogP contribution is -2.55. The molecule has 148 valence electrons. The number of halogens is 2. The van der Waals surface area contributed by atoms with E-state index in [0.29, 0.717) is 33.3 Å². The van der Waals surface area contributed by atoms with Gasteiger partial charge in [-0.3, -0.25) is 14.8 Å². The molecule has 1 aliphatic heterocycles. The number of anilines is 1. The van der Waals surface area contributed by atoms with Crippen LogP contribution in [0.3, 0.4) is 0 Å². The van der Waals surface area contributed by atoms with E-state index in [0.717, 1.165) is 31.9 Å². The fourth-order valence-electron chi connectivity index (χ4n) is 3.54. The van der Waals surface area contributed by atoms with Gasteiger partial charge in [-0.15, -0.1) is 0 Å². The molecule has 0 amide bonds. The van der Waals surface area contributed by atoms with Gasteiger partial charge in [-0.05, 0) is 18.2 Å². The summed E-state index contributed by atoms with van der Waals surface area (Å²) in [5.74, 6) is 0.620. The molecule has 0 spiro atoms. The van der Waals surface area contributed by atoms with E-state index in [1.807, 2.05) is 19.2 Å². The van der Waals surface area contributed by atoms with Gasteiger partial charge in [-0.25, -0.2) is 4.98 Å². The van der Waals surface area contributed by atoms with Gasteiger partial charge in [0.2, 0.25) is 0 Å². The highest BCUT2D eigenvalue weighted by Gasteiger charge is 2.26. The average molecular weight is 422 g/mol. The summed E-state index contributed by atoms with van der Waals surface area (Å²) in [6, 6.07) is 5.59. The number of nitrogens with one attached hydrogen (secondary N) is 3. The molecule has 10 heteroatoms. The predicted molar refractivity (Wildman–Crippen MR) is 111 cm³/mol. The Bertz CT molecular complexity index is 1030. The third kappa shape index (κ3) is 3.86. The molecule has 8 nitrogen and oxygen atoms in total. The molecular formula is C18H21Cl2N7O. The van der Waals surface area contributed by atoms with Gasteiger partial charge in [0.1, 0.15) is 16.9 Å². The number of benzene rings is 1. The van der Waals surface area contributed by atoms with Gasteiger partial charge in [0.25, 0.3) is 5.56 Å². The van der Waals surface area contributed by atoms with E-state index in [4.69, 9.17) is 23.2 Å². The zero-order chi connectivity index (χ0) is 19.7. The molecule has 0 aliphatic carbocycles. The first-order valence-electron chi connectivity index (χ1n) is 9.08. The normalized spacial score (nSPS) is 16.4. The molecule has 0 radical (unpaired) electrons. The van der Waals surface area contributed by atoms with Crippen molar-refractivity contribution in [3.63, 3.8) is 0 Å². The molecule has 0 bridgehead atoms. The van der Waals surface area contributed by atoms with Crippen molar-refractivity contribution in [1.29, 1.82) is 0 Å². The van der Waals surface area contributed by atoms with Crippen molar-refractivity contribution < 1.29 is 0 Å². The van der Waals surface area contributed by atoms with E-state index in [-0.39, 0.29) is 11.7 Å². The first-order valence-corrected chi connectivity index (χ1v) is 9.83. The van der Waals surface area contributed by atoms with Crippen molar-refractivity contribution in [1.82, 2.24) is 30.4 Å². The second-order valence-corrected chi connectivity index (χ2v) is 7.64.